The Hall–Kier alpha value is -1.69. The minimum atomic E-state index is -3.48. The molecule has 23 heavy (non-hydrogen) atoms. The molecule has 0 radical (unpaired) electrons. The van der Waals surface area contributed by atoms with Crippen LogP contribution in [0.25, 0.3) is 11.1 Å². The predicted octanol–water partition coefficient (Wildman–Crippen LogP) is 2.77. The Morgan fingerprint density at radius 2 is 1.65 bits per heavy atom. The van der Waals surface area contributed by atoms with Crippen LogP contribution in [0.3, 0.4) is 0 Å². The van der Waals surface area contributed by atoms with Crippen LogP contribution in [0, 0.1) is 0 Å². The molecule has 2 aromatic carbocycles. The molecule has 0 spiro atoms. The summed E-state index contributed by atoms with van der Waals surface area (Å²) in [6.45, 7) is 2.97. The van der Waals surface area contributed by atoms with E-state index in [9.17, 15) is 8.42 Å². The van der Waals surface area contributed by atoms with Crippen molar-refractivity contribution in [3.8, 4) is 11.1 Å². The first kappa shape index (κ1) is 16.2. The van der Waals surface area contributed by atoms with Crippen molar-refractivity contribution >= 4 is 10.0 Å². The quantitative estimate of drug-likeness (QED) is 0.906. The van der Waals surface area contributed by atoms with Gasteiger partial charge in [-0.1, -0.05) is 42.5 Å². The highest BCUT2D eigenvalue weighted by atomic mass is 32.2. The van der Waals surface area contributed by atoms with Gasteiger partial charge >= 0.3 is 0 Å². The maximum atomic E-state index is 12.6. The molecular formula is C18H22N2O2S. The highest BCUT2D eigenvalue weighted by Crippen LogP contribution is 2.21. The van der Waals surface area contributed by atoms with E-state index >= 15 is 0 Å². The van der Waals surface area contributed by atoms with Crippen LogP contribution >= 0.6 is 0 Å². The number of piperidine rings is 1. The highest BCUT2D eigenvalue weighted by molar-refractivity contribution is 7.89. The molecule has 0 aromatic heterocycles. The van der Waals surface area contributed by atoms with Crippen molar-refractivity contribution in [3.05, 3.63) is 54.6 Å². The Bertz CT molecular complexity index is 742. The molecule has 1 saturated heterocycles. The third-order valence-electron chi connectivity index (χ3n) is 4.34. The van der Waals surface area contributed by atoms with Crippen LogP contribution in [-0.4, -0.2) is 27.0 Å². The Kier molecular flexibility index (Phi) is 4.80. The lowest BCUT2D eigenvalue weighted by Gasteiger charge is -2.30. The average molecular weight is 330 g/mol. The molecule has 5 heteroatoms. The van der Waals surface area contributed by atoms with Crippen molar-refractivity contribution in [1.29, 1.82) is 0 Å². The van der Waals surface area contributed by atoms with E-state index in [4.69, 9.17) is 0 Å². The molecule has 0 saturated carbocycles. The third kappa shape index (κ3) is 3.80. The number of benzene rings is 2. The second-order valence-corrected chi connectivity index (χ2v) is 7.72. The van der Waals surface area contributed by atoms with Gasteiger partial charge in [-0.15, -0.1) is 0 Å². The van der Waals surface area contributed by atoms with Gasteiger partial charge in [-0.2, -0.15) is 0 Å². The summed E-state index contributed by atoms with van der Waals surface area (Å²) in [5.41, 5.74) is 2.09. The molecule has 2 aromatic rings. The van der Waals surface area contributed by atoms with E-state index in [2.05, 4.69) is 10.0 Å². The van der Waals surface area contributed by atoms with Crippen molar-refractivity contribution in [2.75, 3.05) is 6.54 Å². The van der Waals surface area contributed by atoms with Gasteiger partial charge in [0.25, 0.3) is 0 Å². The number of sulfonamides is 1. The lowest BCUT2D eigenvalue weighted by molar-refractivity contribution is 0.349. The molecular weight excluding hydrogens is 308 g/mol. The molecule has 2 unspecified atom stereocenters. The van der Waals surface area contributed by atoms with Gasteiger partial charge < -0.3 is 5.32 Å². The first-order chi connectivity index (χ1) is 11.1. The normalized spacial score (nSPS) is 22.0. The maximum absolute atomic E-state index is 12.6. The summed E-state index contributed by atoms with van der Waals surface area (Å²) < 4.78 is 27.9. The van der Waals surface area contributed by atoms with Crippen LogP contribution in [-0.2, 0) is 10.0 Å². The van der Waals surface area contributed by atoms with Crippen molar-refractivity contribution in [2.24, 2.45) is 0 Å². The molecule has 0 bridgehead atoms. The molecule has 0 aliphatic carbocycles. The average Bonchev–Trinajstić information content (AvgIpc) is 2.58. The van der Waals surface area contributed by atoms with Crippen LogP contribution < -0.4 is 10.0 Å². The summed E-state index contributed by atoms with van der Waals surface area (Å²) in [4.78, 5) is 0.315. The Balaban J connectivity index is 1.78. The fraction of sp³-hybridized carbons (Fsp3) is 0.333. The summed E-state index contributed by atoms with van der Waals surface area (Å²) in [5.74, 6) is 0. The van der Waals surface area contributed by atoms with Crippen LogP contribution in [0.2, 0.25) is 0 Å². The van der Waals surface area contributed by atoms with Crippen LogP contribution in [0.15, 0.2) is 59.5 Å². The zero-order valence-electron chi connectivity index (χ0n) is 13.2. The lowest BCUT2D eigenvalue weighted by atomic mass is 10.0. The zero-order valence-corrected chi connectivity index (χ0v) is 14.0. The first-order valence-corrected chi connectivity index (χ1v) is 9.46. The minimum absolute atomic E-state index is 0.0532. The second-order valence-electron chi connectivity index (χ2n) is 6.00. The monoisotopic (exact) mass is 330 g/mol. The van der Waals surface area contributed by atoms with E-state index in [1.165, 1.54) is 0 Å². The van der Waals surface area contributed by atoms with E-state index in [1.54, 1.807) is 12.1 Å². The van der Waals surface area contributed by atoms with E-state index in [0.717, 1.165) is 30.5 Å². The first-order valence-electron chi connectivity index (χ1n) is 7.97. The van der Waals surface area contributed by atoms with Gasteiger partial charge in [-0.3, -0.25) is 0 Å². The van der Waals surface area contributed by atoms with Crippen molar-refractivity contribution < 1.29 is 8.42 Å². The second kappa shape index (κ2) is 6.83. The fourth-order valence-electron chi connectivity index (χ4n) is 2.93. The molecule has 1 aliphatic rings. The van der Waals surface area contributed by atoms with Crippen molar-refractivity contribution in [2.45, 2.75) is 36.7 Å². The van der Waals surface area contributed by atoms with Gasteiger partial charge in [-0.05, 0) is 49.6 Å². The van der Waals surface area contributed by atoms with Gasteiger partial charge in [0.15, 0.2) is 0 Å². The fourth-order valence-corrected chi connectivity index (χ4v) is 4.28. The Labute approximate surface area is 138 Å². The maximum Gasteiger partial charge on any atom is 0.240 e. The standard InChI is InChI=1S/C18H22N2O2S/c1-14-18(8-5-13-19-14)20-23(21,22)17-11-9-16(10-12-17)15-6-3-2-4-7-15/h2-4,6-7,9-12,14,18-20H,5,8,13H2,1H3. The molecule has 4 nitrogen and oxygen atoms in total. The van der Waals surface area contributed by atoms with Crippen molar-refractivity contribution in [3.63, 3.8) is 0 Å². The van der Waals surface area contributed by atoms with Gasteiger partial charge in [0.05, 0.1) is 4.90 Å². The molecule has 1 heterocycles. The SMILES string of the molecule is CC1NCCCC1NS(=O)(=O)c1ccc(-c2ccccc2)cc1. The molecule has 2 N–H and O–H groups in total. The molecule has 1 fully saturated rings. The predicted molar refractivity (Wildman–Crippen MR) is 92.7 cm³/mol. The van der Waals surface area contributed by atoms with Gasteiger partial charge in [0, 0.05) is 12.1 Å². The lowest BCUT2D eigenvalue weighted by Crippen LogP contribution is -2.51. The Morgan fingerprint density at radius 3 is 2.30 bits per heavy atom. The van der Waals surface area contributed by atoms with Crippen molar-refractivity contribution in [1.82, 2.24) is 10.0 Å². The van der Waals surface area contributed by atoms with E-state index in [-0.39, 0.29) is 12.1 Å². The van der Waals surface area contributed by atoms with Gasteiger partial charge in [0.1, 0.15) is 0 Å². The largest absolute Gasteiger partial charge is 0.313 e. The summed E-state index contributed by atoms with van der Waals surface area (Å²) in [7, 11) is -3.48. The third-order valence-corrected chi connectivity index (χ3v) is 5.85. The number of hydrogen-bond acceptors (Lipinski definition) is 3. The Morgan fingerprint density at radius 1 is 1.00 bits per heavy atom. The molecule has 2 atom stereocenters. The van der Waals surface area contributed by atoms with E-state index in [0.29, 0.717) is 4.90 Å². The summed E-state index contributed by atoms with van der Waals surface area (Å²) in [5, 5.41) is 3.31. The molecule has 0 amide bonds. The van der Waals surface area contributed by atoms with Gasteiger partial charge in [0.2, 0.25) is 10.0 Å². The summed E-state index contributed by atoms with van der Waals surface area (Å²) >= 11 is 0. The molecule has 3 rings (SSSR count). The van der Waals surface area contributed by atoms with Crippen LogP contribution in [0.4, 0.5) is 0 Å². The number of nitrogens with one attached hydrogen (secondary N) is 2. The smallest absolute Gasteiger partial charge is 0.240 e. The van der Waals surface area contributed by atoms with Crippen LogP contribution in [0.5, 0.6) is 0 Å². The zero-order chi connectivity index (χ0) is 16.3. The van der Waals surface area contributed by atoms with Gasteiger partial charge in [-0.25, -0.2) is 13.1 Å². The summed E-state index contributed by atoms with van der Waals surface area (Å²) in [6.07, 6.45) is 1.86. The van der Waals surface area contributed by atoms with E-state index < -0.39 is 10.0 Å². The molecule has 1 aliphatic heterocycles. The highest BCUT2D eigenvalue weighted by Gasteiger charge is 2.26. The van der Waals surface area contributed by atoms with Crippen LogP contribution in [0.1, 0.15) is 19.8 Å². The van der Waals surface area contributed by atoms with E-state index in [1.807, 2.05) is 49.4 Å². The summed E-state index contributed by atoms with van der Waals surface area (Å²) in [6, 6.07) is 17.1. The number of hydrogen-bond donors (Lipinski definition) is 2. The number of rotatable bonds is 4. The molecule has 122 valence electrons. The minimum Gasteiger partial charge on any atom is -0.313 e. The topological polar surface area (TPSA) is 58.2 Å².